The van der Waals surface area contributed by atoms with E-state index in [9.17, 15) is 0 Å². The quantitative estimate of drug-likeness (QED) is 0.177. The second-order valence-corrected chi connectivity index (χ2v) is 12.8. The van der Waals surface area contributed by atoms with Crippen molar-refractivity contribution in [3.05, 3.63) is 176 Å². The van der Waals surface area contributed by atoms with Gasteiger partial charge in [0.15, 0.2) is 5.82 Å². The van der Waals surface area contributed by atoms with E-state index in [2.05, 4.69) is 151 Å². The van der Waals surface area contributed by atoms with Gasteiger partial charge in [-0.2, -0.15) is 0 Å². The van der Waals surface area contributed by atoms with Gasteiger partial charge in [-0.3, -0.25) is 4.98 Å². The zero-order valence-corrected chi connectivity index (χ0v) is 27.1. The van der Waals surface area contributed by atoms with Crippen LogP contribution in [0.3, 0.4) is 0 Å². The number of rotatable bonds is 5. The van der Waals surface area contributed by atoms with Crippen LogP contribution in [-0.2, 0) is 0 Å². The SMILES string of the molecule is c1ccc(-c2nc(-c3ccc(-c4ccnc5ccccc45)cc3)cc(-c3ccc(-c4ccc5ccc6cccc7ccc4c5c67)cc3)n2)cc1. The van der Waals surface area contributed by atoms with Gasteiger partial charge < -0.3 is 0 Å². The normalized spacial score (nSPS) is 11.6. The molecule has 0 amide bonds. The van der Waals surface area contributed by atoms with E-state index in [-0.39, 0.29) is 0 Å². The van der Waals surface area contributed by atoms with Gasteiger partial charge in [-0.1, -0.05) is 152 Å². The Bertz CT molecular complexity index is 2820. The van der Waals surface area contributed by atoms with Crippen molar-refractivity contribution >= 4 is 43.2 Å². The lowest BCUT2D eigenvalue weighted by Gasteiger charge is -2.14. The molecule has 0 saturated carbocycles. The topological polar surface area (TPSA) is 38.7 Å². The maximum absolute atomic E-state index is 5.09. The van der Waals surface area contributed by atoms with E-state index in [1.165, 1.54) is 49.0 Å². The first-order chi connectivity index (χ1) is 24.8. The highest BCUT2D eigenvalue weighted by Crippen LogP contribution is 2.40. The zero-order valence-electron chi connectivity index (χ0n) is 27.1. The molecule has 0 bridgehead atoms. The van der Waals surface area contributed by atoms with Crippen LogP contribution in [0.4, 0.5) is 0 Å². The summed E-state index contributed by atoms with van der Waals surface area (Å²) in [5.41, 5.74) is 10.6. The highest BCUT2D eigenvalue weighted by atomic mass is 14.9. The molecule has 8 aromatic carbocycles. The summed E-state index contributed by atoms with van der Waals surface area (Å²) >= 11 is 0. The van der Waals surface area contributed by atoms with Crippen LogP contribution < -0.4 is 0 Å². The third-order valence-electron chi connectivity index (χ3n) is 9.92. The Balaban J connectivity index is 1.05. The fourth-order valence-corrected chi connectivity index (χ4v) is 7.44. The molecule has 232 valence electrons. The minimum atomic E-state index is 0.707. The van der Waals surface area contributed by atoms with Crippen LogP contribution >= 0.6 is 0 Å². The monoisotopic (exact) mass is 635 g/mol. The maximum Gasteiger partial charge on any atom is 0.160 e. The molecule has 0 aliphatic carbocycles. The summed E-state index contributed by atoms with van der Waals surface area (Å²) in [6, 6.07) is 60.2. The number of pyridine rings is 1. The molecule has 0 aliphatic rings. The Hall–Kier alpha value is -6.71. The molecule has 50 heavy (non-hydrogen) atoms. The molecule has 0 spiro atoms. The van der Waals surface area contributed by atoms with Crippen molar-refractivity contribution in [2.45, 2.75) is 0 Å². The Morgan fingerprint density at radius 1 is 0.340 bits per heavy atom. The second kappa shape index (κ2) is 11.5. The van der Waals surface area contributed by atoms with Crippen LogP contribution in [0.1, 0.15) is 0 Å². The summed E-state index contributed by atoms with van der Waals surface area (Å²) in [5, 5.41) is 8.92. The van der Waals surface area contributed by atoms with E-state index < -0.39 is 0 Å². The molecule has 0 aliphatic heterocycles. The second-order valence-electron chi connectivity index (χ2n) is 12.8. The van der Waals surface area contributed by atoms with Crippen LogP contribution in [0.25, 0.3) is 99.4 Å². The number of benzene rings is 8. The zero-order chi connectivity index (χ0) is 33.0. The highest BCUT2D eigenvalue weighted by molar-refractivity contribution is 6.25. The van der Waals surface area contributed by atoms with Crippen molar-refractivity contribution in [2.75, 3.05) is 0 Å². The predicted octanol–water partition coefficient (Wildman–Crippen LogP) is 12.3. The molecular formula is C47H29N3. The fourth-order valence-electron chi connectivity index (χ4n) is 7.44. The van der Waals surface area contributed by atoms with Crippen molar-refractivity contribution < 1.29 is 0 Å². The first-order valence-corrected chi connectivity index (χ1v) is 16.9. The molecule has 3 nitrogen and oxygen atoms in total. The minimum absolute atomic E-state index is 0.707. The Morgan fingerprint density at radius 2 is 0.900 bits per heavy atom. The lowest BCUT2D eigenvalue weighted by atomic mass is 9.89. The first kappa shape index (κ1) is 28.3. The molecule has 0 radical (unpaired) electrons. The van der Waals surface area contributed by atoms with Crippen LogP contribution in [0.15, 0.2) is 176 Å². The van der Waals surface area contributed by atoms with Gasteiger partial charge in [-0.05, 0) is 72.8 Å². The summed E-state index contributed by atoms with van der Waals surface area (Å²) in [6.45, 7) is 0. The van der Waals surface area contributed by atoms with Crippen molar-refractivity contribution in [1.82, 2.24) is 15.0 Å². The lowest BCUT2D eigenvalue weighted by Crippen LogP contribution is -1.96. The number of fused-ring (bicyclic) bond motifs is 1. The molecular weight excluding hydrogens is 607 g/mol. The first-order valence-electron chi connectivity index (χ1n) is 16.9. The fraction of sp³-hybridized carbons (Fsp3) is 0. The molecule has 0 fully saturated rings. The number of para-hydroxylation sites is 1. The van der Waals surface area contributed by atoms with Gasteiger partial charge >= 0.3 is 0 Å². The summed E-state index contributed by atoms with van der Waals surface area (Å²) in [7, 11) is 0. The largest absolute Gasteiger partial charge is 0.256 e. The summed E-state index contributed by atoms with van der Waals surface area (Å²) < 4.78 is 0. The molecule has 2 aromatic heterocycles. The van der Waals surface area contributed by atoms with Gasteiger partial charge in [0.25, 0.3) is 0 Å². The molecule has 10 aromatic rings. The minimum Gasteiger partial charge on any atom is -0.256 e. The molecule has 3 heteroatoms. The van der Waals surface area contributed by atoms with Gasteiger partial charge in [-0.25, -0.2) is 9.97 Å². The van der Waals surface area contributed by atoms with E-state index in [0.717, 1.165) is 44.5 Å². The molecule has 0 unspecified atom stereocenters. The van der Waals surface area contributed by atoms with Gasteiger partial charge in [-0.15, -0.1) is 0 Å². The Morgan fingerprint density at radius 3 is 1.60 bits per heavy atom. The molecule has 0 N–H and O–H groups in total. The summed E-state index contributed by atoms with van der Waals surface area (Å²) in [5.74, 6) is 0.707. The maximum atomic E-state index is 5.09. The number of nitrogens with zero attached hydrogens (tertiary/aromatic N) is 3. The van der Waals surface area contributed by atoms with Gasteiger partial charge in [0.05, 0.1) is 16.9 Å². The van der Waals surface area contributed by atoms with E-state index in [1.54, 1.807) is 0 Å². The van der Waals surface area contributed by atoms with Gasteiger partial charge in [0, 0.05) is 28.3 Å². The smallest absolute Gasteiger partial charge is 0.160 e. The molecule has 2 heterocycles. The molecule has 10 rings (SSSR count). The van der Waals surface area contributed by atoms with E-state index >= 15 is 0 Å². The van der Waals surface area contributed by atoms with Crippen molar-refractivity contribution in [1.29, 1.82) is 0 Å². The van der Waals surface area contributed by atoms with Crippen LogP contribution in [-0.4, -0.2) is 15.0 Å². The molecule has 0 atom stereocenters. The third kappa shape index (κ3) is 4.71. The summed E-state index contributed by atoms with van der Waals surface area (Å²) in [4.78, 5) is 14.7. The Kier molecular flexibility index (Phi) is 6.49. The number of hydrogen-bond donors (Lipinski definition) is 0. The van der Waals surface area contributed by atoms with Gasteiger partial charge in [0.1, 0.15) is 0 Å². The highest BCUT2D eigenvalue weighted by Gasteiger charge is 2.14. The van der Waals surface area contributed by atoms with E-state index in [4.69, 9.17) is 9.97 Å². The molecule has 0 saturated heterocycles. The Labute approximate surface area is 289 Å². The average molecular weight is 636 g/mol. The van der Waals surface area contributed by atoms with Crippen LogP contribution in [0.5, 0.6) is 0 Å². The average Bonchev–Trinajstić information content (AvgIpc) is 3.20. The van der Waals surface area contributed by atoms with E-state index in [0.29, 0.717) is 5.82 Å². The number of hydrogen-bond acceptors (Lipinski definition) is 3. The van der Waals surface area contributed by atoms with Gasteiger partial charge in [0.2, 0.25) is 0 Å². The predicted molar refractivity (Wildman–Crippen MR) is 208 cm³/mol. The van der Waals surface area contributed by atoms with Crippen molar-refractivity contribution in [3.63, 3.8) is 0 Å². The third-order valence-corrected chi connectivity index (χ3v) is 9.92. The van der Waals surface area contributed by atoms with Crippen LogP contribution in [0, 0.1) is 0 Å². The number of aromatic nitrogens is 3. The van der Waals surface area contributed by atoms with Crippen LogP contribution in [0.2, 0.25) is 0 Å². The standard InChI is InChI=1S/C47H29N3/c1-2-7-37(8-3-1)47-49-43(29-44(50-47)33-19-15-31(16-20-33)39-27-28-48-42-12-5-4-11-40(39)42)32-17-13-30(14-18-32)38-25-23-36-22-21-34-9-6-10-35-24-26-41(38)46(36)45(34)35/h1-29H. The lowest BCUT2D eigenvalue weighted by molar-refractivity contribution is 1.18. The van der Waals surface area contributed by atoms with Crippen molar-refractivity contribution in [3.8, 4) is 56.2 Å². The summed E-state index contributed by atoms with van der Waals surface area (Å²) in [6.07, 6.45) is 1.88. The van der Waals surface area contributed by atoms with E-state index in [1.807, 2.05) is 30.5 Å². The van der Waals surface area contributed by atoms with Crippen molar-refractivity contribution in [2.24, 2.45) is 0 Å².